The van der Waals surface area contributed by atoms with Gasteiger partial charge in [0.25, 0.3) is 0 Å². The van der Waals surface area contributed by atoms with E-state index in [2.05, 4.69) is 52.4 Å². The molecule has 2 aliphatic carbocycles. The normalized spacial score (nSPS) is 31.8. The van der Waals surface area contributed by atoms with E-state index in [0.717, 1.165) is 24.3 Å². The Morgan fingerprint density at radius 2 is 2.00 bits per heavy atom. The molecular weight excluding hydrogens is 286 g/mol. The summed E-state index contributed by atoms with van der Waals surface area (Å²) >= 11 is 3.49. The van der Waals surface area contributed by atoms with Gasteiger partial charge in [-0.3, -0.25) is 0 Å². The van der Waals surface area contributed by atoms with E-state index in [1.54, 1.807) is 0 Å². The number of halogens is 1. The Hall–Kier alpha value is -0.340. The summed E-state index contributed by atoms with van der Waals surface area (Å²) < 4.78 is 1.17. The lowest BCUT2D eigenvalue weighted by Gasteiger charge is -2.27. The molecule has 0 heterocycles. The lowest BCUT2D eigenvalue weighted by molar-refractivity contribution is 0.323. The Labute approximate surface area is 118 Å². The van der Waals surface area contributed by atoms with Crippen molar-refractivity contribution >= 4 is 15.9 Å². The fourth-order valence-corrected chi connectivity index (χ4v) is 4.11. The molecule has 18 heavy (non-hydrogen) atoms. The molecule has 3 rings (SSSR count). The number of benzene rings is 1. The zero-order valence-corrected chi connectivity index (χ0v) is 12.6. The smallest absolute Gasteiger partial charge is 0.0175 e. The SMILES string of the molecule is CC(Cc1ccc(Br)cc1)NC1CC2CCC1C2. The molecule has 2 bridgehead atoms. The lowest BCUT2D eigenvalue weighted by Crippen LogP contribution is -2.40. The van der Waals surface area contributed by atoms with Gasteiger partial charge < -0.3 is 5.32 Å². The quantitative estimate of drug-likeness (QED) is 0.881. The van der Waals surface area contributed by atoms with Crippen molar-refractivity contribution < 1.29 is 0 Å². The summed E-state index contributed by atoms with van der Waals surface area (Å²) in [6, 6.07) is 10.1. The minimum Gasteiger partial charge on any atom is -0.311 e. The van der Waals surface area contributed by atoms with E-state index in [1.165, 1.54) is 35.7 Å². The topological polar surface area (TPSA) is 12.0 Å². The molecule has 0 spiro atoms. The summed E-state index contributed by atoms with van der Waals surface area (Å²) in [6.07, 6.45) is 7.01. The molecule has 4 atom stereocenters. The second kappa shape index (κ2) is 5.34. The van der Waals surface area contributed by atoms with Crippen molar-refractivity contribution in [2.45, 2.75) is 51.1 Å². The number of hydrogen-bond acceptors (Lipinski definition) is 1. The van der Waals surface area contributed by atoms with Crippen LogP contribution in [0.15, 0.2) is 28.7 Å². The number of fused-ring (bicyclic) bond motifs is 2. The Balaban J connectivity index is 1.52. The predicted octanol–water partition coefficient (Wildman–Crippen LogP) is 4.16. The molecule has 2 aliphatic rings. The first-order valence-corrected chi connectivity index (χ1v) is 8.00. The van der Waals surface area contributed by atoms with Gasteiger partial charge in [0.05, 0.1) is 0 Å². The molecule has 0 saturated heterocycles. The van der Waals surface area contributed by atoms with Gasteiger partial charge in [-0.1, -0.05) is 34.5 Å². The molecule has 0 amide bonds. The Bertz CT molecular complexity index is 400. The molecule has 0 aliphatic heterocycles. The summed E-state index contributed by atoms with van der Waals surface area (Å²) in [4.78, 5) is 0. The average Bonchev–Trinajstić information content (AvgIpc) is 2.94. The maximum atomic E-state index is 3.86. The fraction of sp³-hybridized carbons (Fsp3) is 0.625. The summed E-state index contributed by atoms with van der Waals surface area (Å²) in [5.74, 6) is 2.01. The summed E-state index contributed by atoms with van der Waals surface area (Å²) in [5, 5.41) is 3.86. The summed E-state index contributed by atoms with van der Waals surface area (Å²) in [7, 11) is 0. The van der Waals surface area contributed by atoms with Crippen LogP contribution in [0.4, 0.5) is 0 Å². The zero-order valence-electron chi connectivity index (χ0n) is 11.0. The van der Waals surface area contributed by atoms with Gasteiger partial charge in [0.2, 0.25) is 0 Å². The average molecular weight is 308 g/mol. The minimum absolute atomic E-state index is 0.593. The van der Waals surface area contributed by atoms with Crippen molar-refractivity contribution in [3.63, 3.8) is 0 Å². The third-order valence-electron chi connectivity index (χ3n) is 4.69. The van der Waals surface area contributed by atoms with Crippen LogP contribution in [0.2, 0.25) is 0 Å². The second-order valence-corrected chi connectivity index (χ2v) is 7.10. The standard InChI is InChI=1S/C16H22BrN/c1-11(8-12-3-6-15(17)7-4-12)18-16-10-13-2-5-14(16)9-13/h3-4,6-7,11,13-14,16,18H,2,5,8-10H2,1H3. The molecular formula is C16H22BrN. The van der Waals surface area contributed by atoms with Crippen molar-refractivity contribution in [1.29, 1.82) is 0 Å². The van der Waals surface area contributed by atoms with Gasteiger partial charge in [-0.15, -0.1) is 0 Å². The van der Waals surface area contributed by atoms with Crippen LogP contribution in [0.1, 0.15) is 38.2 Å². The summed E-state index contributed by atoms with van der Waals surface area (Å²) in [6.45, 7) is 2.33. The Kier molecular flexibility index (Phi) is 3.76. The van der Waals surface area contributed by atoms with Gasteiger partial charge >= 0.3 is 0 Å². The molecule has 1 aromatic rings. The number of hydrogen-bond donors (Lipinski definition) is 1. The van der Waals surface area contributed by atoms with Gasteiger partial charge in [0, 0.05) is 16.6 Å². The molecule has 98 valence electrons. The van der Waals surface area contributed by atoms with E-state index in [4.69, 9.17) is 0 Å². The lowest BCUT2D eigenvalue weighted by atomic mass is 9.94. The molecule has 1 aromatic carbocycles. The highest BCUT2D eigenvalue weighted by molar-refractivity contribution is 9.10. The first kappa shape index (κ1) is 12.7. The Morgan fingerprint density at radius 3 is 2.61 bits per heavy atom. The molecule has 0 radical (unpaired) electrons. The van der Waals surface area contributed by atoms with Gasteiger partial charge in [-0.2, -0.15) is 0 Å². The minimum atomic E-state index is 0.593. The van der Waals surface area contributed by atoms with E-state index in [1.807, 2.05) is 0 Å². The summed E-state index contributed by atoms with van der Waals surface area (Å²) in [5.41, 5.74) is 1.43. The monoisotopic (exact) mass is 307 g/mol. The molecule has 2 saturated carbocycles. The molecule has 1 nitrogen and oxygen atoms in total. The number of nitrogens with one attached hydrogen (secondary N) is 1. The highest BCUT2D eigenvalue weighted by Gasteiger charge is 2.39. The third-order valence-corrected chi connectivity index (χ3v) is 5.22. The van der Waals surface area contributed by atoms with Crippen molar-refractivity contribution in [3.05, 3.63) is 34.3 Å². The molecule has 2 heteroatoms. The molecule has 1 N–H and O–H groups in total. The second-order valence-electron chi connectivity index (χ2n) is 6.18. The van der Waals surface area contributed by atoms with Crippen molar-refractivity contribution in [2.75, 3.05) is 0 Å². The van der Waals surface area contributed by atoms with E-state index in [-0.39, 0.29) is 0 Å². The van der Waals surface area contributed by atoms with Crippen LogP contribution in [0.5, 0.6) is 0 Å². The van der Waals surface area contributed by atoms with E-state index >= 15 is 0 Å². The van der Waals surface area contributed by atoms with Crippen molar-refractivity contribution in [2.24, 2.45) is 11.8 Å². The zero-order chi connectivity index (χ0) is 12.5. The van der Waals surface area contributed by atoms with Crippen LogP contribution in [0.25, 0.3) is 0 Å². The number of rotatable bonds is 4. The molecule has 2 fully saturated rings. The Morgan fingerprint density at radius 1 is 1.22 bits per heavy atom. The van der Waals surface area contributed by atoms with Crippen LogP contribution < -0.4 is 5.32 Å². The van der Waals surface area contributed by atoms with Crippen LogP contribution in [0.3, 0.4) is 0 Å². The third kappa shape index (κ3) is 2.80. The van der Waals surface area contributed by atoms with E-state index in [0.29, 0.717) is 6.04 Å². The van der Waals surface area contributed by atoms with Crippen LogP contribution in [-0.4, -0.2) is 12.1 Å². The van der Waals surface area contributed by atoms with Crippen molar-refractivity contribution in [3.8, 4) is 0 Å². The van der Waals surface area contributed by atoms with Crippen molar-refractivity contribution in [1.82, 2.24) is 5.32 Å². The van der Waals surface area contributed by atoms with Crippen LogP contribution in [-0.2, 0) is 6.42 Å². The van der Waals surface area contributed by atoms with Gasteiger partial charge in [-0.05, 0) is 62.1 Å². The fourth-order valence-electron chi connectivity index (χ4n) is 3.85. The molecule has 4 unspecified atom stereocenters. The maximum Gasteiger partial charge on any atom is 0.0175 e. The van der Waals surface area contributed by atoms with Gasteiger partial charge in [0.1, 0.15) is 0 Å². The highest BCUT2D eigenvalue weighted by Crippen LogP contribution is 2.44. The van der Waals surface area contributed by atoms with Crippen LogP contribution in [0, 0.1) is 11.8 Å². The van der Waals surface area contributed by atoms with Crippen LogP contribution >= 0.6 is 15.9 Å². The highest BCUT2D eigenvalue weighted by atomic mass is 79.9. The maximum absolute atomic E-state index is 3.86. The first-order chi connectivity index (χ1) is 8.70. The first-order valence-electron chi connectivity index (χ1n) is 7.21. The van der Waals surface area contributed by atoms with E-state index < -0.39 is 0 Å². The predicted molar refractivity (Wildman–Crippen MR) is 79.7 cm³/mol. The van der Waals surface area contributed by atoms with E-state index in [9.17, 15) is 0 Å². The van der Waals surface area contributed by atoms with Gasteiger partial charge in [0.15, 0.2) is 0 Å². The van der Waals surface area contributed by atoms with Gasteiger partial charge in [-0.25, -0.2) is 0 Å². The molecule has 0 aromatic heterocycles. The largest absolute Gasteiger partial charge is 0.311 e.